The zero-order chi connectivity index (χ0) is 14.0. The van der Waals surface area contributed by atoms with Crippen molar-refractivity contribution in [3.05, 3.63) is 50.7 Å². The van der Waals surface area contributed by atoms with Gasteiger partial charge in [-0.1, -0.05) is 11.6 Å². The summed E-state index contributed by atoms with van der Waals surface area (Å²) in [6.07, 6.45) is 0. The summed E-state index contributed by atoms with van der Waals surface area (Å²) in [5, 5.41) is 4.14. The van der Waals surface area contributed by atoms with Crippen LogP contribution in [0, 0.1) is 13.8 Å². The largest absolute Gasteiger partial charge is 0.381 e. The van der Waals surface area contributed by atoms with E-state index in [1.807, 2.05) is 18.2 Å². The molecule has 0 amide bonds. The molecule has 1 aromatic heterocycles. The average Bonchev–Trinajstić information content (AvgIpc) is 2.65. The fourth-order valence-corrected chi connectivity index (χ4v) is 2.77. The quantitative estimate of drug-likeness (QED) is 0.813. The van der Waals surface area contributed by atoms with Gasteiger partial charge in [0.2, 0.25) is 0 Å². The highest BCUT2D eigenvalue weighted by Gasteiger charge is 2.07. The molecule has 1 N–H and O–H groups in total. The van der Waals surface area contributed by atoms with Crippen molar-refractivity contribution in [2.45, 2.75) is 33.9 Å². The third kappa shape index (κ3) is 3.15. The summed E-state index contributed by atoms with van der Waals surface area (Å²) in [5.74, 6) is 0. The highest BCUT2D eigenvalue weighted by atomic mass is 79.9. The van der Waals surface area contributed by atoms with Crippen LogP contribution in [0.3, 0.4) is 0 Å². The predicted octanol–water partition coefficient (Wildman–Crippen LogP) is 5.15. The molecule has 1 heterocycles. The lowest BCUT2D eigenvalue weighted by atomic mass is 10.2. The zero-order valence-electron chi connectivity index (χ0n) is 11.4. The van der Waals surface area contributed by atoms with E-state index in [0.717, 1.165) is 28.3 Å². The third-order valence-electron chi connectivity index (χ3n) is 3.40. The number of hydrogen-bond acceptors (Lipinski definition) is 1. The molecule has 0 saturated carbocycles. The first kappa shape index (κ1) is 14.5. The Morgan fingerprint density at radius 3 is 2.58 bits per heavy atom. The van der Waals surface area contributed by atoms with E-state index in [4.69, 9.17) is 11.6 Å². The number of rotatable bonds is 4. The molecule has 102 valence electrons. The summed E-state index contributed by atoms with van der Waals surface area (Å²) in [5.41, 5.74) is 5.01. The van der Waals surface area contributed by atoms with E-state index >= 15 is 0 Å². The Kier molecular flexibility index (Phi) is 4.58. The van der Waals surface area contributed by atoms with Crippen LogP contribution in [0.15, 0.2) is 28.7 Å². The smallest absolute Gasteiger partial charge is 0.0568 e. The maximum absolute atomic E-state index is 6.09. The van der Waals surface area contributed by atoms with Gasteiger partial charge in [-0.05, 0) is 66.5 Å². The molecule has 0 radical (unpaired) electrons. The number of halogens is 2. The Balaban J connectivity index is 2.12. The fraction of sp³-hybridized carbons (Fsp3) is 0.333. The summed E-state index contributed by atoms with van der Waals surface area (Å²) >= 11 is 9.48. The number of hydrogen-bond donors (Lipinski definition) is 1. The Morgan fingerprint density at radius 1 is 1.26 bits per heavy atom. The Hall–Kier alpha value is -0.930. The first-order valence-corrected chi connectivity index (χ1v) is 7.54. The van der Waals surface area contributed by atoms with Crippen LogP contribution in [0.1, 0.15) is 23.9 Å². The van der Waals surface area contributed by atoms with Crippen LogP contribution < -0.4 is 5.32 Å². The maximum atomic E-state index is 6.09. The molecule has 0 aliphatic carbocycles. The normalized spacial score (nSPS) is 10.8. The van der Waals surface area contributed by atoms with Gasteiger partial charge in [0.25, 0.3) is 0 Å². The minimum Gasteiger partial charge on any atom is -0.381 e. The fourth-order valence-electron chi connectivity index (χ4n) is 2.34. The van der Waals surface area contributed by atoms with Crippen molar-refractivity contribution in [3.63, 3.8) is 0 Å². The monoisotopic (exact) mass is 340 g/mol. The summed E-state index contributed by atoms with van der Waals surface area (Å²) in [7, 11) is 0. The van der Waals surface area contributed by atoms with Gasteiger partial charge >= 0.3 is 0 Å². The highest BCUT2D eigenvalue weighted by molar-refractivity contribution is 9.10. The molecule has 2 nitrogen and oxygen atoms in total. The number of aromatic nitrogens is 1. The van der Waals surface area contributed by atoms with E-state index in [1.165, 1.54) is 17.0 Å². The number of anilines is 1. The van der Waals surface area contributed by atoms with E-state index in [-0.39, 0.29) is 0 Å². The van der Waals surface area contributed by atoms with Crippen molar-refractivity contribution in [3.8, 4) is 0 Å². The van der Waals surface area contributed by atoms with Crippen molar-refractivity contribution in [2.75, 3.05) is 5.32 Å². The molecule has 0 fully saturated rings. The van der Waals surface area contributed by atoms with Crippen LogP contribution in [0.4, 0.5) is 5.69 Å². The predicted molar refractivity (Wildman–Crippen MR) is 86.1 cm³/mol. The molecule has 2 aromatic rings. The molecule has 2 rings (SSSR count). The van der Waals surface area contributed by atoms with Crippen LogP contribution in [0.25, 0.3) is 0 Å². The van der Waals surface area contributed by atoms with E-state index in [2.05, 4.69) is 52.7 Å². The second-order valence-corrected chi connectivity index (χ2v) is 5.88. The minimum atomic E-state index is 0.726. The van der Waals surface area contributed by atoms with E-state index < -0.39 is 0 Å². The summed E-state index contributed by atoms with van der Waals surface area (Å²) in [6.45, 7) is 8.32. The van der Waals surface area contributed by atoms with Crippen molar-refractivity contribution < 1.29 is 0 Å². The van der Waals surface area contributed by atoms with Crippen molar-refractivity contribution in [2.24, 2.45) is 0 Å². The third-order valence-corrected chi connectivity index (χ3v) is 4.63. The first-order valence-electron chi connectivity index (χ1n) is 6.37. The second-order valence-electron chi connectivity index (χ2n) is 4.62. The summed E-state index contributed by atoms with van der Waals surface area (Å²) in [4.78, 5) is 0. The Labute approximate surface area is 127 Å². The van der Waals surface area contributed by atoms with Gasteiger partial charge in [0.15, 0.2) is 0 Å². The van der Waals surface area contributed by atoms with Crippen molar-refractivity contribution >= 4 is 33.2 Å². The van der Waals surface area contributed by atoms with Gasteiger partial charge in [0.05, 0.1) is 5.02 Å². The average molecular weight is 342 g/mol. The highest BCUT2D eigenvalue weighted by Crippen LogP contribution is 2.26. The maximum Gasteiger partial charge on any atom is 0.0568 e. The van der Waals surface area contributed by atoms with E-state index in [1.54, 1.807) is 0 Å². The van der Waals surface area contributed by atoms with Gasteiger partial charge in [-0.2, -0.15) is 0 Å². The number of benzene rings is 1. The van der Waals surface area contributed by atoms with Crippen LogP contribution in [0.2, 0.25) is 5.02 Å². The molecular weight excluding hydrogens is 324 g/mol. The lowest BCUT2D eigenvalue weighted by Gasteiger charge is -2.09. The van der Waals surface area contributed by atoms with Gasteiger partial charge in [-0.15, -0.1) is 0 Å². The lowest BCUT2D eigenvalue weighted by Crippen LogP contribution is -2.03. The lowest BCUT2D eigenvalue weighted by molar-refractivity contribution is 0.715. The molecule has 0 bridgehead atoms. The Bertz CT molecular complexity index is 590. The topological polar surface area (TPSA) is 17.0 Å². The van der Waals surface area contributed by atoms with E-state index in [9.17, 15) is 0 Å². The molecular formula is C15H18BrClN2. The zero-order valence-corrected chi connectivity index (χ0v) is 13.8. The van der Waals surface area contributed by atoms with Gasteiger partial charge in [-0.25, -0.2) is 0 Å². The molecule has 19 heavy (non-hydrogen) atoms. The minimum absolute atomic E-state index is 0.726. The molecule has 0 aliphatic heterocycles. The molecule has 0 saturated heterocycles. The number of aryl methyl sites for hydroxylation is 1. The van der Waals surface area contributed by atoms with Gasteiger partial charge in [0, 0.05) is 34.6 Å². The number of nitrogens with zero attached hydrogens (tertiary/aromatic N) is 1. The van der Waals surface area contributed by atoms with Crippen molar-refractivity contribution in [1.29, 1.82) is 0 Å². The SMILES string of the molecule is CCn1c(C)cc(CNc2ccc(Br)c(Cl)c2)c1C. The summed E-state index contributed by atoms with van der Waals surface area (Å²) in [6, 6.07) is 8.16. The summed E-state index contributed by atoms with van der Waals surface area (Å²) < 4.78 is 3.25. The van der Waals surface area contributed by atoms with E-state index in [0.29, 0.717) is 0 Å². The van der Waals surface area contributed by atoms with Crippen LogP contribution >= 0.6 is 27.5 Å². The Morgan fingerprint density at radius 2 is 2.00 bits per heavy atom. The number of nitrogens with one attached hydrogen (secondary N) is 1. The van der Waals surface area contributed by atoms with Crippen LogP contribution in [-0.2, 0) is 13.1 Å². The second kappa shape index (κ2) is 6.02. The van der Waals surface area contributed by atoms with Crippen LogP contribution in [0.5, 0.6) is 0 Å². The van der Waals surface area contributed by atoms with Crippen LogP contribution in [-0.4, -0.2) is 4.57 Å². The molecule has 0 atom stereocenters. The van der Waals surface area contributed by atoms with Gasteiger partial charge in [0.1, 0.15) is 0 Å². The van der Waals surface area contributed by atoms with Gasteiger partial charge in [-0.3, -0.25) is 0 Å². The first-order chi connectivity index (χ1) is 9.02. The molecule has 0 unspecified atom stereocenters. The van der Waals surface area contributed by atoms with Crippen molar-refractivity contribution in [1.82, 2.24) is 4.57 Å². The molecule has 0 aliphatic rings. The standard InChI is InChI=1S/C15H18BrClN2/c1-4-19-10(2)7-12(11(19)3)9-18-13-5-6-14(16)15(17)8-13/h5-8,18H,4,9H2,1-3H3. The van der Waals surface area contributed by atoms with Gasteiger partial charge < -0.3 is 9.88 Å². The molecule has 1 aromatic carbocycles. The molecule has 0 spiro atoms. The molecule has 4 heteroatoms.